The number of hydrogen-bond donors (Lipinski definition) is 1. The lowest BCUT2D eigenvalue weighted by molar-refractivity contribution is -0.159. The van der Waals surface area contributed by atoms with Crippen molar-refractivity contribution in [2.24, 2.45) is 0 Å². The van der Waals surface area contributed by atoms with Crippen LogP contribution in [0.5, 0.6) is 0 Å². The van der Waals surface area contributed by atoms with Gasteiger partial charge in [0.2, 0.25) is 5.91 Å². The average Bonchev–Trinajstić information content (AvgIpc) is 2.81. The quantitative estimate of drug-likeness (QED) is 0.690. The maximum atomic E-state index is 14.1. The molecule has 6 nitrogen and oxygen atoms in total. The molecule has 2 aliphatic heterocycles. The lowest BCUT2D eigenvalue weighted by atomic mass is 9.73. The number of pyridine rings is 1. The van der Waals surface area contributed by atoms with Crippen LogP contribution in [0.15, 0.2) is 73.1 Å². The third-order valence-electron chi connectivity index (χ3n) is 6.45. The molecule has 0 unspecified atom stereocenters. The van der Waals surface area contributed by atoms with Crippen molar-refractivity contribution in [1.82, 2.24) is 14.8 Å². The molecule has 3 heterocycles. The fourth-order valence-electron chi connectivity index (χ4n) is 4.91. The molecule has 7 heteroatoms. The Balaban J connectivity index is 1.40. The third kappa shape index (κ3) is 3.35. The van der Waals surface area contributed by atoms with E-state index in [9.17, 15) is 19.1 Å². The van der Waals surface area contributed by atoms with Gasteiger partial charge in [-0.15, -0.1) is 0 Å². The van der Waals surface area contributed by atoms with Gasteiger partial charge in [0.05, 0.1) is 18.7 Å². The van der Waals surface area contributed by atoms with Crippen molar-refractivity contribution in [3.05, 3.63) is 90.0 Å². The molecule has 0 spiro atoms. The third-order valence-corrected chi connectivity index (χ3v) is 6.45. The number of rotatable bonds is 4. The minimum atomic E-state index is -0.329. The predicted molar refractivity (Wildman–Crippen MR) is 116 cm³/mol. The first-order valence-corrected chi connectivity index (χ1v) is 10.5. The van der Waals surface area contributed by atoms with Crippen LogP contribution in [0.4, 0.5) is 4.39 Å². The highest BCUT2D eigenvalue weighted by Gasteiger charge is 2.54. The number of carbonyl (C=O) groups excluding carboxylic acids is 2. The number of fused-ring (bicyclic) bond motifs is 1. The molecule has 3 aromatic rings. The molecule has 162 valence electrons. The van der Waals surface area contributed by atoms with E-state index < -0.39 is 0 Å². The Hall–Kier alpha value is -3.58. The van der Waals surface area contributed by atoms with Gasteiger partial charge >= 0.3 is 0 Å². The van der Waals surface area contributed by atoms with Crippen molar-refractivity contribution in [3.63, 3.8) is 0 Å². The Bertz CT molecular complexity index is 1150. The normalized spacial score (nSPS) is 22.3. The van der Waals surface area contributed by atoms with E-state index in [-0.39, 0.29) is 48.8 Å². The van der Waals surface area contributed by atoms with Gasteiger partial charge in [0, 0.05) is 36.0 Å². The number of aliphatic hydroxyl groups excluding tert-OH is 1. The highest BCUT2D eigenvalue weighted by Crippen LogP contribution is 2.43. The van der Waals surface area contributed by atoms with Gasteiger partial charge in [-0.2, -0.15) is 0 Å². The van der Waals surface area contributed by atoms with E-state index in [1.807, 2.05) is 24.3 Å². The van der Waals surface area contributed by atoms with Crippen molar-refractivity contribution in [2.75, 3.05) is 19.7 Å². The lowest BCUT2D eigenvalue weighted by Crippen LogP contribution is -2.73. The van der Waals surface area contributed by atoms with Crippen LogP contribution >= 0.6 is 0 Å². The van der Waals surface area contributed by atoms with Gasteiger partial charge < -0.3 is 14.9 Å². The van der Waals surface area contributed by atoms with E-state index in [2.05, 4.69) is 4.98 Å². The summed E-state index contributed by atoms with van der Waals surface area (Å²) in [5.74, 6) is -0.762. The molecule has 2 amide bonds. The Morgan fingerprint density at radius 3 is 2.47 bits per heavy atom. The summed E-state index contributed by atoms with van der Waals surface area (Å²) in [6.45, 7) is 0.233. The molecule has 1 N–H and O–H groups in total. The average molecular weight is 431 g/mol. The molecule has 0 bridgehead atoms. The van der Waals surface area contributed by atoms with Crippen molar-refractivity contribution < 1.29 is 19.1 Å². The van der Waals surface area contributed by atoms with Crippen LogP contribution in [0.2, 0.25) is 0 Å². The molecule has 2 aliphatic rings. The topological polar surface area (TPSA) is 73.7 Å². The van der Waals surface area contributed by atoms with Gasteiger partial charge in [-0.3, -0.25) is 14.6 Å². The van der Waals surface area contributed by atoms with Gasteiger partial charge in [0.15, 0.2) is 0 Å². The van der Waals surface area contributed by atoms with Gasteiger partial charge in [0.25, 0.3) is 5.91 Å². The highest BCUT2D eigenvalue weighted by atomic mass is 19.1. The van der Waals surface area contributed by atoms with Gasteiger partial charge in [0.1, 0.15) is 12.4 Å². The second kappa shape index (κ2) is 8.16. The number of nitrogens with zero attached hydrogens (tertiary/aromatic N) is 3. The maximum absolute atomic E-state index is 14.1. The monoisotopic (exact) mass is 431 g/mol. The summed E-state index contributed by atoms with van der Waals surface area (Å²) < 4.78 is 14.1. The summed E-state index contributed by atoms with van der Waals surface area (Å²) in [6, 6.07) is 16.9. The fraction of sp³-hybridized carbons (Fsp3) is 0.240. The summed E-state index contributed by atoms with van der Waals surface area (Å²) in [7, 11) is 0. The molecular weight excluding hydrogens is 409 g/mol. The molecule has 2 saturated heterocycles. The second-order valence-corrected chi connectivity index (χ2v) is 8.17. The van der Waals surface area contributed by atoms with E-state index in [0.29, 0.717) is 17.7 Å². The van der Waals surface area contributed by atoms with E-state index in [4.69, 9.17) is 0 Å². The van der Waals surface area contributed by atoms with Crippen LogP contribution in [-0.4, -0.2) is 63.5 Å². The Labute approximate surface area is 184 Å². The summed E-state index contributed by atoms with van der Waals surface area (Å²) >= 11 is 0. The zero-order chi connectivity index (χ0) is 22.2. The number of aliphatic hydroxyl groups is 1. The van der Waals surface area contributed by atoms with Crippen LogP contribution < -0.4 is 0 Å². The first-order chi connectivity index (χ1) is 15.6. The van der Waals surface area contributed by atoms with Crippen molar-refractivity contribution in [2.45, 2.75) is 18.0 Å². The number of hydrogen-bond acceptors (Lipinski definition) is 4. The standard InChI is InChI=1S/C25H22FN3O3/c26-20-4-2-1-3-19(20)16-5-7-17(8-6-16)24-21-13-28(14-23(31)29(21)22(24)15-30)25(32)18-9-11-27-12-10-18/h1-12,21-22,24,30H,13-15H2/t21-,22-,24-/m1/s1. The van der Waals surface area contributed by atoms with Crippen LogP contribution in [0.3, 0.4) is 0 Å². The van der Waals surface area contributed by atoms with Crippen LogP contribution in [0.1, 0.15) is 21.8 Å². The zero-order valence-electron chi connectivity index (χ0n) is 17.3. The lowest BCUT2D eigenvalue weighted by Gasteiger charge is -2.58. The van der Waals surface area contributed by atoms with E-state index >= 15 is 0 Å². The smallest absolute Gasteiger partial charge is 0.254 e. The van der Waals surface area contributed by atoms with Crippen molar-refractivity contribution in [1.29, 1.82) is 0 Å². The van der Waals surface area contributed by atoms with E-state index in [0.717, 1.165) is 11.1 Å². The minimum absolute atomic E-state index is 0.00685. The molecule has 2 fully saturated rings. The molecule has 3 atom stereocenters. The van der Waals surface area contributed by atoms with Crippen LogP contribution in [0.25, 0.3) is 11.1 Å². The number of halogens is 1. The van der Waals surface area contributed by atoms with Crippen LogP contribution in [0, 0.1) is 5.82 Å². The van der Waals surface area contributed by atoms with Gasteiger partial charge in [-0.25, -0.2) is 4.39 Å². The molecule has 0 radical (unpaired) electrons. The van der Waals surface area contributed by atoms with Gasteiger partial charge in [-0.05, 0) is 29.3 Å². The molecule has 32 heavy (non-hydrogen) atoms. The highest BCUT2D eigenvalue weighted by molar-refractivity contribution is 5.97. The Kier molecular flexibility index (Phi) is 5.19. The fourth-order valence-corrected chi connectivity index (χ4v) is 4.91. The van der Waals surface area contributed by atoms with Gasteiger partial charge in [-0.1, -0.05) is 42.5 Å². The summed E-state index contributed by atoms with van der Waals surface area (Å²) in [5.41, 5.74) is 2.73. The molecule has 0 saturated carbocycles. The Morgan fingerprint density at radius 2 is 1.78 bits per heavy atom. The molecular formula is C25H22FN3O3. The summed E-state index contributed by atoms with van der Waals surface area (Å²) in [5, 5.41) is 9.97. The minimum Gasteiger partial charge on any atom is -0.394 e. The first kappa shape index (κ1) is 20.3. The Morgan fingerprint density at radius 1 is 1.06 bits per heavy atom. The molecule has 0 aliphatic carbocycles. The molecule has 5 rings (SSSR count). The summed E-state index contributed by atoms with van der Waals surface area (Å²) in [4.78, 5) is 32.9. The van der Waals surface area contributed by atoms with Crippen molar-refractivity contribution in [3.8, 4) is 11.1 Å². The first-order valence-electron chi connectivity index (χ1n) is 10.5. The predicted octanol–water partition coefficient (Wildman–Crippen LogP) is 2.70. The number of piperazine rings is 1. The summed E-state index contributed by atoms with van der Waals surface area (Å²) in [6.07, 6.45) is 3.10. The largest absolute Gasteiger partial charge is 0.394 e. The SMILES string of the molecule is O=C(c1ccncc1)N1CC(=O)N2[C@H](CO)[C@H](c3ccc(-c4ccccc4F)cc3)[C@H]2C1. The van der Waals surface area contributed by atoms with E-state index in [1.54, 1.807) is 52.5 Å². The molecule has 1 aromatic heterocycles. The zero-order valence-corrected chi connectivity index (χ0v) is 17.3. The number of carbonyl (C=O) groups is 2. The molecule has 2 aromatic carbocycles. The van der Waals surface area contributed by atoms with Crippen LogP contribution in [-0.2, 0) is 4.79 Å². The second-order valence-electron chi connectivity index (χ2n) is 8.17. The maximum Gasteiger partial charge on any atom is 0.254 e. The van der Waals surface area contributed by atoms with Crippen molar-refractivity contribution >= 4 is 11.8 Å². The number of benzene rings is 2. The number of amides is 2. The number of aromatic nitrogens is 1. The van der Waals surface area contributed by atoms with E-state index in [1.165, 1.54) is 6.07 Å².